The number of carbonyl (C=O) groups is 1. The van der Waals surface area contributed by atoms with Crippen molar-refractivity contribution in [1.29, 1.82) is 0 Å². The Bertz CT molecular complexity index is 1030. The van der Waals surface area contributed by atoms with Gasteiger partial charge in [-0.2, -0.15) is 0 Å². The van der Waals surface area contributed by atoms with Crippen molar-refractivity contribution in [2.75, 3.05) is 5.32 Å². The lowest BCUT2D eigenvalue weighted by Gasteiger charge is -2.31. The normalized spacial score (nSPS) is 13.0. The molecule has 0 aliphatic carbocycles. The number of halogens is 2. The van der Waals surface area contributed by atoms with E-state index in [9.17, 15) is 9.90 Å². The molecule has 188 valence electrons. The Hall–Kier alpha value is -1.91. The summed E-state index contributed by atoms with van der Waals surface area (Å²) in [5, 5.41) is 13.8. The van der Waals surface area contributed by atoms with Crippen LogP contribution in [0.15, 0.2) is 24.3 Å². The van der Waals surface area contributed by atoms with Gasteiger partial charge < -0.3 is 15.2 Å². The van der Waals surface area contributed by atoms with E-state index in [0.29, 0.717) is 29.2 Å². The Balaban J connectivity index is 2.43. The van der Waals surface area contributed by atoms with Crippen molar-refractivity contribution in [3.8, 4) is 11.5 Å². The molecule has 0 aliphatic heterocycles. The average molecular weight is 509 g/mol. The molecule has 1 amide bonds. The molecule has 2 N–H and O–H groups in total. The minimum Gasteiger partial charge on any atom is -0.506 e. The van der Waals surface area contributed by atoms with Gasteiger partial charge in [0.15, 0.2) is 6.10 Å². The SMILES string of the molecule is CCc1c(Cl)cc(O)c(NC(=O)C(CC)Oc2ccc(C(C)(C)CC)cc2C(C)(C)CC)c1Cl. The van der Waals surface area contributed by atoms with E-state index in [1.165, 1.54) is 11.6 Å². The highest BCUT2D eigenvalue weighted by Crippen LogP contribution is 2.41. The van der Waals surface area contributed by atoms with Crippen LogP contribution in [0.25, 0.3) is 0 Å². The number of phenolic OH excluding ortho intramolecular Hbond substituents is 1. The third-order valence-corrected chi connectivity index (χ3v) is 7.84. The number of rotatable bonds is 10. The molecular formula is C28H39Cl2NO3. The zero-order chi connectivity index (χ0) is 25.8. The predicted octanol–water partition coefficient (Wildman–Crippen LogP) is 8.43. The van der Waals surface area contributed by atoms with Crippen LogP contribution in [0.2, 0.25) is 10.0 Å². The van der Waals surface area contributed by atoms with E-state index in [-0.39, 0.29) is 33.2 Å². The van der Waals surface area contributed by atoms with Gasteiger partial charge in [0.05, 0.1) is 5.02 Å². The van der Waals surface area contributed by atoms with Crippen LogP contribution in [0.5, 0.6) is 11.5 Å². The fraction of sp³-hybridized carbons (Fsp3) is 0.536. The fourth-order valence-corrected chi connectivity index (χ4v) is 4.51. The molecule has 0 saturated carbocycles. The molecule has 0 saturated heterocycles. The number of aromatic hydroxyl groups is 1. The standard InChI is InChI=1S/C28H39Cl2NO3/c1-9-18-20(29)16-21(32)25(24(18)30)31-26(33)22(10-2)34-23-14-13-17(27(5,6)11-3)15-19(23)28(7,8)12-4/h13-16,22,32H,9-12H2,1-8H3,(H,31,33). The molecule has 0 spiro atoms. The van der Waals surface area contributed by atoms with E-state index in [0.717, 1.165) is 18.4 Å². The zero-order valence-electron chi connectivity index (χ0n) is 21.7. The smallest absolute Gasteiger partial charge is 0.265 e. The lowest BCUT2D eigenvalue weighted by Crippen LogP contribution is -2.33. The van der Waals surface area contributed by atoms with Crippen LogP contribution < -0.4 is 10.1 Å². The van der Waals surface area contributed by atoms with Crippen molar-refractivity contribution in [3.63, 3.8) is 0 Å². The lowest BCUT2D eigenvalue weighted by atomic mass is 9.76. The van der Waals surface area contributed by atoms with Gasteiger partial charge in [0.25, 0.3) is 5.91 Å². The number of ether oxygens (including phenoxy) is 1. The molecule has 34 heavy (non-hydrogen) atoms. The second kappa shape index (κ2) is 11.2. The summed E-state index contributed by atoms with van der Waals surface area (Å²) in [5.41, 5.74) is 3.08. The maximum atomic E-state index is 13.2. The molecule has 0 heterocycles. The summed E-state index contributed by atoms with van der Waals surface area (Å²) in [6.07, 6.45) is 2.21. The molecule has 2 aromatic rings. The number of phenols is 1. The summed E-state index contributed by atoms with van der Waals surface area (Å²) in [5.74, 6) is 0.154. The van der Waals surface area contributed by atoms with Crippen molar-refractivity contribution in [1.82, 2.24) is 0 Å². The zero-order valence-corrected chi connectivity index (χ0v) is 23.2. The molecule has 0 bridgehead atoms. The third kappa shape index (κ3) is 6.01. The van der Waals surface area contributed by atoms with E-state index < -0.39 is 6.10 Å². The van der Waals surface area contributed by atoms with Gasteiger partial charge in [-0.05, 0) is 53.7 Å². The Morgan fingerprint density at radius 3 is 2.18 bits per heavy atom. The van der Waals surface area contributed by atoms with Gasteiger partial charge in [0, 0.05) is 16.7 Å². The first-order chi connectivity index (χ1) is 15.8. The van der Waals surface area contributed by atoms with Crippen LogP contribution in [0.3, 0.4) is 0 Å². The number of anilines is 1. The summed E-state index contributed by atoms with van der Waals surface area (Å²) < 4.78 is 6.32. The van der Waals surface area contributed by atoms with E-state index in [1.54, 1.807) is 0 Å². The van der Waals surface area contributed by atoms with Gasteiger partial charge in [-0.15, -0.1) is 0 Å². The number of benzene rings is 2. The van der Waals surface area contributed by atoms with E-state index in [4.69, 9.17) is 27.9 Å². The molecule has 0 radical (unpaired) electrons. The summed E-state index contributed by atoms with van der Waals surface area (Å²) in [6.45, 7) is 17.0. The first-order valence-corrected chi connectivity index (χ1v) is 12.9. The topological polar surface area (TPSA) is 58.6 Å². The Morgan fingerprint density at radius 2 is 1.65 bits per heavy atom. The van der Waals surface area contributed by atoms with Gasteiger partial charge >= 0.3 is 0 Å². The lowest BCUT2D eigenvalue weighted by molar-refractivity contribution is -0.122. The van der Waals surface area contributed by atoms with Crippen molar-refractivity contribution in [3.05, 3.63) is 51.0 Å². The number of hydrogen-bond acceptors (Lipinski definition) is 3. The van der Waals surface area contributed by atoms with Crippen LogP contribution in [0.4, 0.5) is 5.69 Å². The van der Waals surface area contributed by atoms with Crippen LogP contribution in [0, 0.1) is 0 Å². The highest BCUT2D eigenvalue weighted by molar-refractivity contribution is 6.38. The van der Waals surface area contributed by atoms with Crippen molar-refractivity contribution in [2.24, 2.45) is 0 Å². The molecule has 0 aliphatic rings. The molecule has 1 atom stereocenters. The van der Waals surface area contributed by atoms with E-state index >= 15 is 0 Å². The van der Waals surface area contributed by atoms with Gasteiger partial charge in [0.1, 0.15) is 17.2 Å². The number of hydrogen-bond donors (Lipinski definition) is 2. The first-order valence-electron chi connectivity index (χ1n) is 12.1. The quantitative estimate of drug-likeness (QED) is 0.317. The molecule has 1 unspecified atom stereocenters. The third-order valence-electron chi connectivity index (χ3n) is 7.08. The number of carbonyl (C=O) groups excluding carboxylic acids is 1. The van der Waals surface area contributed by atoms with Crippen LogP contribution in [-0.4, -0.2) is 17.1 Å². The van der Waals surface area contributed by atoms with Crippen LogP contribution in [0.1, 0.15) is 91.3 Å². The fourth-order valence-electron chi connectivity index (χ4n) is 3.75. The van der Waals surface area contributed by atoms with Gasteiger partial charge in [-0.3, -0.25) is 4.79 Å². The van der Waals surface area contributed by atoms with Gasteiger partial charge in [-0.1, -0.05) is 90.7 Å². The summed E-state index contributed by atoms with van der Waals surface area (Å²) in [4.78, 5) is 13.2. The van der Waals surface area contributed by atoms with Crippen molar-refractivity contribution < 1.29 is 14.6 Å². The second-order valence-electron chi connectivity index (χ2n) is 10.1. The van der Waals surface area contributed by atoms with Gasteiger partial charge in [-0.25, -0.2) is 0 Å². The minimum atomic E-state index is -0.757. The molecule has 0 aromatic heterocycles. The second-order valence-corrected chi connectivity index (χ2v) is 10.9. The molecule has 6 heteroatoms. The Morgan fingerprint density at radius 1 is 1.03 bits per heavy atom. The summed E-state index contributed by atoms with van der Waals surface area (Å²) >= 11 is 12.6. The largest absolute Gasteiger partial charge is 0.506 e. The van der Waals surface area contributed by atoms with E-state index in [1.807, 2.05) is 19.9 Å². The molecule has 4 nitrogen and oxygen atoms in total. The monoisotopic (exact) mass is 507 g/mol. The number of nitrogens with one attached hydrogen (secondary N) is 1. The molecule has 2 rings (SSSR count). The Kier molecular flexibility index (Phi) is 9.35. The maximum Gasteiger partial charge on any atom is 0.265 e. The first kappa shape index (κ1) is 28.3. The van der Waals surface area contributed by atoms with Crippen molar-refractivity contribution >= 4 is 34.8 Å². The number of amides is 1. The molecule has 2 aromatic carbocycles. The average Bonchev–Trinajstić information content (AvgIpc) is 2.80. The van der Waals surface area contributed by atoms with Crippen molar-refractivity contribution in [2.45, 2.75) is 98.0 Å². The minimum absolute atomic E-state index is 0.0402. The highest BCUT2D eigenvalue weighted by Gasteiger charge is 2.29. The molecular weight excluding hydrogens is 469 g/mol. The Labute approximate surface area is 215 Å². The van der Waals surface area contributed by atoms with E-state index in [2.05, 4.69) is 59.0 Å². The highest BCUT2D eigenvalue weighted by atomic mass is 35.5. The maximum absolute atomic E-state index is 13.2. The summed E-state index contributed by atoms with van der Waals surface area (Å²) in [6, 6.07) is 7.70. The summed E-state index contributed by atoms with van der Waals surface area (Å²) in [7, 11) is 0. The van der Waals surface area contributed by atoms with Crippen LogP contribution >= 0.6 is 23.2 Å². The predicted molar refractivity (Wildman–Crippen MR) is 144 cm³/mol. The van der Waals surface area contributed by atoms with Gasteiger partial charge in [0.2, 0.25) is 0 Å². The van der Waals surface area contributed by atoms with Crippen LogP contribution in [-0.2, 0) is 22.0 Å². The molecule has 0 fully saturated rings.